The van der Waals surface area contributed by atoms with Crippen LogP contribution in [-0.4, -0.2) is 16.6 Å². The first-order chi connectivity index (χ1) is 14.7. The summed E-state index contributed by atoms with van der Waals surface area (Å²) in [5.41, 5.74) is 3.28. The normalized spacial score (nSPS) is 10.7. The van der Waals surface area contributed by atoms with Crippen LogP contribution in [0.1, 0.15) is 17.3 Å². The third-order valence-electron chi connectivity index (χ3n) is 4.49. The summed E-state index contributed by atoms with van der Waals surface area (Å²) in [6.45, 7) is 2.06. The summed E-state index contributed by atoms with van der Waals surface area (Å²) in [6, 6.07) is 21.7. The molecule has 0 unspecified atom stereocenters. The van der Waals surface area contributed by atoms with Gasteiger partial charge in [0.1, 0.15) is 10.8 Å². The molecule has 1 N–H and O–H groups in total. The first-order valence-electron chi connectivity index (χ1n) is 9.50. The Kier molecular flexibility index (Phi) is 6.26. The van der Waals surface area contributed by atoms with E-state index in [1.54, 1.807) is 30.0 Å². The molecule has 1 aromatic heterocycles. The maximum atomic E-state index is 14.1. The number of nitrogens with one attached hydrogen (secondary N) is 1. The van der Waals surface area contributed by atoms with Crippen LogP contribution in [0.25, 0.3) is 21.8 Å². The number of halogens is 1. The lowest BCUT2D eigenvalue weighted by molar-refractivity contribution is 0.102. The van der Waals surface area contributed by atoms with Gasteiger partial charge in [-0.15, -0.1) is 23.1 Å². The first-order valence-corrected chi connectivity index (χ1v) is 11.4. The molecule has 0 aliphatic rings. The van der Waals surface area contributed by atoms with E-state index in [1.165, 1.54) is 17.4 Å². The molecule has 0 saturated heterocycles. The highest BCUT2D eigenvalue weighted by Crippen LogP contribution is 2.34. The predicted octanol–water partition coefficient (Wildman–Crippen LogP) is 6.98. The number of thiazole rings is 1. The van der Waals surface area contributed by atoms with E-state index in [0.29, 0.717) is 27.5 Å². The SMILES string of the molecule is CCSc1ccccc1C(=O)Nc1ccccc1-c1csc(-c2ccccc2F)n1. The predicted molar refractivity (Wildman–Crippen MR) is 124 cm³/mol. The zero-order valence-corrected chi connectivity index (χ0v) is 17.9. The zero-order valence-electron chi connectivity index (χ0n) is 16.3. The van der Waals surface area contributed by atoms with Crippen LogP contribution in [0.15, 0.2) is 83.1 Å². The van der Waals surface area contributed by atoms with Gasteiger partial charge in [0.15, 0.2) is 0 Å². The number of carbonyl (C=O) groups is 1. The van der Waals surface area contributed by atoms with Crippen LogP contribution in [0, 0.1) is 5.82 Å². The van der Waals surface area contributed by atoms with Gasteiger partial charge in [0.25, 0.3) is 5.91 Å². The Bertz CT molecular complexity index is 1190. The summed E-state index contributed by atoms with van der Waals surface area (Å²) < 4.78 is 14.1. The monoisotopic (exact) mass is 434 g/mol. The standard InChI is InChI=1S/C24H19FN2OS2/c1-2-29-22-14-8-5-11-18(22)23(28)26-20-13-7-4-10-17(20)21-15-30-24(27-21)16-9-3-6-12-19(16)25/h3-15H,2H2,1H3,(H,26,28). The number of carbonyl (C=O) groups excluding carboxylic acids is 1. The fraction of sp³-hybridized carbons (Fsp3) is 0.0833. The van der Waals surface area contributed by atoms with E-state index in [-0.39, 0.29) is 11.7 Å². The molecule has 150 valence electrons. The lowest BCUT2D eigenvalue weighted by Gasteiger charge is -2.12. The molecule has 1 heterocycles. The summed E-state index contributed by atoms with van der Waals surface area (Å²) in [7, 11) is 0. The number of nitrogens with zero attached hydrogens (tertiary/aromatic N) is 1. The second kappa shape index (κ2) is 9.24. The number of aromatic nitrogens is 1. The van der Waals surface area contributed by atoms with Crippen molar-refractivity contribution in [2.75, 3.05) is 11.1 Å². The van der Waals surface area contributed by atoms with Crippen molar-refractivity contribution in [1.29, 1.82) is 0 Å². The van der Waals surface area contributed by atoms with Gasteiger partial charge in [-0.3, -0.25) is 4.79 Å². The van der Waals surface area contributed by atoms with Crippen molar-refractivity contribution in [2.45, 2.75) is 11.8 Å². The third-order valence-corrected chi connectivity index (χ3v) is 6.32. The average molecular weight is 435 g/mol. The van der Waals surface area contributed by atoms with Crippen LogP contribution in [0.2, 0.25) is 0 Å². The van der Waals surface area contributed by atoms with Crippen molar-refractivity contribution < 1.29 is 9.18 Å². The van der Waals surface area contributed by atoms with Crippen molar-refractivity contribution in [1.82, 2.24) is 4.98 Å². The zero-order chi connectivity index (χ0) is 20.9. The lowest BCUT2D eigenvalue weighted by atomic mass is 10.1. The molecule has 6 heteroatoms. The Balaban J connectivity index is 1.65. The molecule has 3 aromatic carbocycles. The largest absolute Gasteiger partial charge is 0.321 e. The smallest absolute Gasteiger partial charge is 0.256 e. The number of benzene rings is 3. The minimum Gasteiger partial charge on any atom is -0.321 e. The van der Waals surface area contributed by atoms with Crippen LogP contribution in [0.4, 0.5) is 10.1 Å². The summed E-state index contributed by atoms with van der Waals surface area (Å²) in [6.07, 6.45) is 0. The van der Waals surface area contributed by atoms with Crippen LogP contribution < -0.4 is 5.32 Å². The fourth-order valence-electron chi connectivity index (χ4n) is 3.10. The Morgan fingerprint density at radius 3 is 2.50 bits per heavy atom. The van der Waals surface area contributed by atoms with E-state index in [4.69, 9.17) is 0 Å². The molecule has 30 heavy (non-hydrogen) atoms. The Hall–Kier alpha value is -2.96. The minimum absolute atomic E-state index is 0.163. The van der Waals surface area contributed by atoms with Gasteiger partial charge in [-0.05, 0) is 36.1 Å². The van der Waals surface area contributed by atoms with E-state index in [1.807, 2.05) is 53.9 Å². The van der Waals surface area contributed by atoms with Gasteiger partial charge in [-0.1, -0.05) is 49.4 Å². The maximum Gasteiger partial charge on any atom is 0.256 e. The molecule has 4 aromatic rings. The van der Waals surface area contributed by atoms with Crippen molar-refractivity contribution in [3.8, 4) is 21.8 Å². The summed E-state index contributed by atoms with van der Waals surface area (Å²) >= 11 is 3.01. The Labute approximate surface area is 183 Å². The van der Waals surface area contributed by atoms with E-state index < -0.39 is 0 Å². The van der Waals surface area contributed by atoms with E-state index in [0.717, 1.165) is 16.2 Å². The van der Waals surface area contributed by atoms with Crippen molar-refractivity contribution in [3.63, 3.8) is 0 Å². The number of amides is 1. The van der Waals surface area contributed by atoms with Crippen LogP contribution in [0.5, 0.6) is 0 Å². The molecule has 1 amide bonds. The summed E-state index contributed by atoms with van der Waals surface area (Å²) in [5.74, 6) is 0.423. The molecule has 0 fully saturated rings. The van der Waals surface area contributed by atoms with Crippen LogP contribution >= 0.6 is 23.1 Å². The molecule has 3 nitrogen and oxygen atoms in total. The van der Waals surface area contributed by atoms with Gasteiger partial charge >= 0.3 is 0 Å². The molecular formula is C24H19FN2OS2. The molecule has 0 radical (unpaired) electrons. The highest BCUT2D eigenvalue weighted by Gasteiger charge is 2.16. The molecule has 4 rings (SSSR count). The van der Waals surface area contributed by atoms with E-state index in [2.05, 4.69) is 17.2 Å². The molecule has 0 bridgehead atoms. The van der Waals surface area contributed by atoms with Crippen molar-refractivity contribution in [2.24, 2.45) is 0 Å². The van der Waals surface area contributed by atoms with Gasteiger partial charge in [0, 0.05) is 21.4 Å². The van der Waals surface area contributed by atoms with Crippen LogP contribution in [0.3, 0.4) is 0 Å². The molecule has 0 atom stereocenters. The average Bonchev–Trinajstić information content (AvgIpc) is 3.25. The van der Waals surface area contributed by atoms with Gasteiger partial charge < -0.3 is 5.32 Å². The number of hydrogen-bond acceptors (Lipinski definition) is 4. The summed E-state index contributed by atoms with van der Waals surface area (Å²) in [4.78, 5) is 18.5. The number of thioether (sulfide) groups is 1. The van der Waals surface area contributed by atoms with Crippen molar-refractivity contribution >= 4 is 34.7 Å². The highest BCUT2D eigenvalue weighted by molar-refractivity contribution is 7.99. The minimum atomic E-state index is -0.301. The quantitative estimate of drug-likeness (QED) is 0.333. The number of hydrogen-bond donors (Lipinski definition) is 1. The number of rotatable bonds is 6. The maximum absolute atomic E-state index is 14.1. The molecule has 0 aliphatic carbocycles. The van der Waals surface area contributed by atoms with Crippen LogP contribution in [-0.2, 0) is 0 Å². The topological polar surface area (TPSA) is 42.0 Å². The van der Waals surface area contributed by atoms with E-state index >= 15 is 0 Å². The third kappa shape index (κ3) is 4.30. The second-order valence-electron chi connectivity index (χ2n) is 6.45. The summed E-state index contributed by atoms with van der Waals surface area (Å²) in [5, 5.41) is 5.51. The molecule has 0 spiro atoms. The fourth-order valence-corrected chi connectivity index (χ4v) is 4.75. The first kappa shape index (κ1) is 20.3. The van der Waals surface area contributed by atoms with Gasteiger partial charge in [-0.2, -0.15) is 0 Å². The Morgan fingerprint density at radius 1 is 1.00 bits per heavy atom. The Morgan fingerprint density at radius 2 is 1.70 bits per heavy atom. The number of anilines is 1. The van der Waals surface area contributed by atoms with Crippen molar-refractivity contribution in [3.05, 3.63) is 89.6 Å². The van der Waals surface area contributed by atoms with E-state index in [9.17, 15) is 9.18 Å². The molecule has 0 aliphatic heterocycles. The number of para-hydroxylation sites is 1. The molecule has 0 saturated carbocycles. The van der Waals surface area contributed by atoms with Gasteiger partial charge in [0.2, 0.25) is 0 Å². The highest BCUT2D eigenvalue weighted by atomic mass is 32.2. The second-order valence-corrected chi connectivity index (χ2v) is 8.61. The molecular weight excluding hydrogens is 415 g/mol. The van der Waals surface area contributed by atoms with Gasteiger partial charge in [-0.25, -0.2) is 9.37 Å². The lowest BCUT2D eigenvalue weighted by Crippen LogP contribution is -2.13. The van der Waals surface area contributed by atoms with Gasteiger partial charge in [0.05, 0.1) is 16.9 Å².